The Kier molecular flexibility index (Phi) is 4.06. The Bertz CT molecular complexity index is 576. The first-order valence-corrected chi connectivity index (χ1v) is 7.87. The lowest BCUT2D eigenvalue weighted by molar-refractivity contribution is 0.0605. The molecule has 2 atom stereocenters. The molecule has 2 unspecified atom stereocenters. The van der Waals surface area contributed by atoms with E-state index in [4.69, 9.17) is 17.3 Å². The van der Waals surface area contributed by atoms with Gasteiger partial charge in [0.25, 0.3) is 0 Å². The quantitative estimate of drug-likeness (QED) is 0.807. The van der Waals surface area contributed by atoms with Gasteiger partial charge in [0, 0.05) is 18.8 Å². The highest BCUT2D eigenvalue weighted by atomic mass is 35.5. The highest BCUT2D eigenvalue weighted by Crippen LogP contribution is 2.29. The molecule has 0 saturated carbocycles. The summed E-state index contributed by atoms with van der Waals surface area (Å²) in [5.41, 5.74) is 5.95. The fraction of sp³-hybridized carbons (Fsp3) is 0.500. The molecule has 1 aliphatic rings. The van der Waals surface area contributed by atoms with Crippen LogP contribution in [0.25, 0.3) is 0 Å². The molecule has 1 saturated heterocycles. The largest absolute Gasteiger partial charge is 0.399 e. The number of aliphatic hydroxyl groups excluding tert-OH is 1. The van der Waals surface area contributed by atoms with E-state index in [1.165, 1.54) is 16.4 Å². The fourth-order valence-corrected chi connectivity index (χ4v) is 4.08. The molecule has 19 heavy (non-hydrogen) atoms. The van der Waals surface area contributed by atoms with E-state index in [9.17, 15) is 13.5 Å². The number of halogens is 1. The minimum absolute atomic E-state index is 0.00378. The van der Waals surface area contributed by atoms with Crippen molar-refractivity contribution in [1.82, 2.24) is 4.31 Å². The predicted molar refractivity (Wildman–Crippen MR) is 74.4 cm³/mol. The van der Waals surface area contributed by atoms with E-state index in [0.29, 0.717) is 18.7 Å². The minimum Gasteiger partial charge on any atom is -0.399 e. The van der Waals surface area contributed by atoms with Gasteiger partial charge in [0.15, 0.2) is 0 Å². The van der Waals surface area contributed by atoms with Crippen LogP contribution < -0.4 is 5.73 Å². The molecule has 2 rings (SSSR count). The van der Waals surface area contributed by atoms with Gasteiger partial charge in [-0.2, -0.15) is 4.31 Å². The van der Waals surface area contributed by atoms with Gasteiger partial charge in [-0.15, -0.1) is 0 Å². The van der Waals surface area contributed by atoms with E-state index in [1.54, 1.807) is 6.07 Å². The van der Waals surface area contributed by atoms with E-state index < -0.39 is 16.1 Å². The number of sulfonamides is 1. The Labute approximate surface area is 118 Å². The first kappa shape index (κ1) is 14.6. The molecule has 1 aromatic rings. The monoisotopic (exact) mass is 304 g/mol. The Balaban J connectivity index is 2.35. The van der Waals surface area contributed by atoms with Gasteiger partial charge in [-0.05, 0) is 30.5 Å². The number of anilines is 1. The number of piperidine rings is 1. The Morgan fingerprint density at radius 2 is 2.16 bits per heavy atom. The van der Waals surface area contributed by atoms with Gasteiger partial charge in [0.1, 0.15) is 4.90 Å². The second kappa shape index (κ2) is 5.28. The van der Waals surface area contributed by atoms with Crippen molar-refractivity contribution >= 4 is 27.3 Å². The second-order valence-electron chi connectivity index (χ2n) is 4.89. The number of rotatable bonds is 2. The minimum atomic E-state index is -3.71. The standard InChI is InChI=1S/C12H17ClN2O3S/c1-8-4-5-15(7-11(8)16)19(17,18)12-6-9(14)2-3-10(12)13/h2-3,6,8,11,16H,4-5,7,14H2,1H3. The molecule has 106 valence electrons. The van der Waals surface area contributed by atoms with Crippen molar-refractivity contribution in [2.45, 2.75) is 24.3 Å². The molecule has 0 bridgehead atoms. The third-order valence-corrected chi connectivity index (χ3v) is 5.80. The molecule has 0 aliphatic carbocycles. The summed E-state index contributed by atoms with van der Waals surface area (Å²) in [7, 11) is -3.71. The van der Waals surface area contributed by atoms with Gasteiger partial charge in [0.05, 0.1) is 11.1 Å². The van der Waals surface area contributed by atoms with Gasteiger partial charge in [-0.25, -0.2) is 8.42 Å². The smallest absolute Gasteiger partial charge is 0.244 e. The van der Waals surface area contributed by atoms with Crippen LogP contribution in [0.1, 0.15) is 13.3 Å². The molecule has 1 heterocycles. The summed E-state index contributed by atoms with van der Waals surface area (Å²) >= 11 is 5.94. The van der Waals surface area contributed by atoms with Gasteiger partial charge >= 0.3 is 0 Å². The highest BCUT2D eigenvalue weighted by molar-refractivity contribution is 7.89. The van der Waals surface area contributed by atoms with Crippen molar-refractivity contribution in [1.29, 1.82) is 0 Å². The third-order valence-electron chi connectivity index (χ3n) is 3.45. The number of hydrogen-bond donors (Lipinski definition) is 2. The Hall–Kier alpha value is -0.820. The zero-order valence-electron chi connectivity index (χ0n) is 10.6. The van der Waals surface area contributed by atoms with E-state index in [-0.39, 0.29) is 22.4 Å². The number of benzene rings is 1. The Morgan fingerprint density at radius 1 is 1.47 bits per heavy atom. The van der Waals surface area contributed by atoms with Crippen LogP contribution in [0.2, 0.25) is 5.02 Å². The fourth-order valence-electron chi connectivity index (χ4n) is 2.09. The molecule has 7 heteroatoms. The summed E-state index contributed by atoms with van der Waals surface area (Å²) in [6.45, 7) is 2.38. The molecule has 0 aromatic heterocycles. The molecule has 1 aromatic carbocycles. The van der Waals surface area contributed by atoms with Crippen LogP contribution in [0.4, 0.5) is 5.69 Å². The maximum atomic E-state index is 12.5. The second-order valence-corrected chi connectivity index (χ2v) is 7.20. The average Bonchev–Trinajstić information content (AvgIpc) is 2.35. The summed E-state index contributed by atoms with van der Waals surface area (Å²) in [6, 6.07) is 4.36. The summed E-state index contributed by atoms with van der Waals surface area (Å²) < 4.78 is 26.2. The van der Waals surface area contributed by atoms with Gasteiger partial charge in [0.2, 0.25) is 10.0 Å². The van der Waals surface area contributed by atoms with E-state index >= 15 is 0 Å². The van der Waals surface area contributed by atoms with Crippen LogP contribution in [0.15, 0.2) is 23.1 Å². The third kappa shape index (κ3) is 2.86. The van der Waals surface area contributed by atoms with Crippen LogP contribution in [0.5, 0.6) is 0 Å². The van der Waals surface area contributed by atoms with Gasteiger partial charge in [-0.1, -0.05) is 18.5 Å². The lowest BCUT2D eigenvalue weighted by Crippen LogP contribution is -2.45. The number of hydrogen-bond acceptors (Lipinski definition) is 4. The summed E-state index contributed by atoms with van der Waals surface area (Å²) in [5, 5.41) is 9.96. The first-order chi connectivity index (χ1) is 8.82. The molecule has 3 N–H and O–H groups in total. The van der Waals surface area contributed by atoms with Crippen LogP contribution >= 0.6 is 11.6 Å². The maximum absolute atomic E-state index is 12.5. The van der Waals surface area contributed by atoms with Crippen molar-refractivity contribution in [3.63, 3.8) is 0 Å². The molecule has 5 nitrogen and oxygen atoms in total. The van der Waals surface area contributed by atoms with Crippen LogP contribution in [0.3, 0.4) is 0 Å². The molecule has 0 radical (unpaired) electrons. The van der Waals surface area contributed by atoms with E-state index in [1.807, 2.05) is 6.92 Å². The van der Waals surface area contributed by atoms with Crippen molar-refractivity contribution in [2.24, 2.45) is 5.92 Å². The van der Waals surface area contributed by atoms with Crippen molar-refractivity contribution in [2.75, 3.05) is 18.8 Å². The Morgan fingerprint density at radius 3 is 2.79 bits per heavy atom. The number of nitrogens with zero attached hydrogens (tertiary/aromatic N) is 1. The summed E-state index contributed by atoms with van der Waals surface area (Å²) in [5.74, 6) is 0.0998. The SMILES string of the molecule is CC1CCN(S(=O)(=O)c2cc(N)ccc2Cl)CC1O. The molecule has 0 amide bonds. The molecular formula is C12H17ClN2O3S. The topological polar surface area (TPSA) is 83.6 Å². The highest BCUT2D eigenvalue weighted by Gasteiger charge is 2.33. The van der Waals surface area contributed by atoms with E-state index in [0.717, 1.165) is 0 Å². The number of nitrogens with two attached hydrogens (primary N) is 1. The average molecular weight is 305 g/mol. The number of β-amino-alcohol motifs (C(OH)–C–C–N with tert-alkyl or cyclic N) is 1. The van der Waals surface area contributed by atoms with Crippen LogP contribution in [0, 0.1) is 5.92 Å². The molecule has 1 fully saturated rings. The molecular weight excluding hydrogens is 288 g/mol. The van der Waals surface area contributed by atoms with Crippen molar-refractivity contribution in [3.8, 4) is 0 Å². The van der Waals surface area contributed by atoms with Crippen LogP contribution in [-0.2, 0) is 10.0 Å². The first-order valence-electron chi connectivity index (χ1n) is 6.05. The van der Waals surface area contributed by atoms with Crippen LogP contribution in [-0.4, -0.2) is 37.0 Å². The molecule has 1 aliphatic heterocycles. The zero-order valence-corrected chi connectivity index (χ0v) is 12.2. The summed E-state index contributed by atoms with van der Waals surface area (Å²) in [6.07, 6.45) is -0.0243. The number of nitrogen functional groups attached to an aromatic ring is 1. The lowest BCUT2D eigenvalue weighted by atomic mass is 9.98. The van der Waals surface area contributed by atoms with Gasteiger partial charge < -0.3 is 10.8 Å². The predicted octanol–water partition coefficient (Wildman–Crippen LogP) is 1.31. The maximum Gasteiger partial charge on any atom is 0.244 e. The normalized spacial score (nSPS) is 25.4. The van der Waals surface area contributed by atoms with Gasteiger partial charge in [-0.3, -0.25) is 0 Å². The van der Waals surface area contributed by atoms with Crippen molar-refractivity contribution < 1.29 is 13.5 Å². The molecule has 0 spiro atoms. The summed E-state index contributed by atoms with van der Waals surface area (Å²) in [4.78, 5) is -0.00378. The zero-order chi connectivity index (χ0) is 14.2. The van der Waals surface area contributed by atoms with E-state index in [2.05, 4.69) is 0 Å². The number of aliphatic hydroxyl groups is 1. The lowest BCUT2D eigenvalue weighted by Gasteiger charge is -2.33. The van der Waals surface area contributed by atoms with Crippen molar-refractivity contribution in [3.05, 3.63) is 23.2 Å².